The molecule has 3 nitrogen and oxygen atoms in total. The Morgan fingerprint density at radius 2 is 1.88 bits per heavy atom. The van der Waals surface area contributed by atoms with Crippen LogP contribution in [0.1, 0.15) is 47.5 Å². The second kappa shape index (κ2) is 4.91. The summed E-state index contributed by atoms with van der Waals surface area (Å²) in [5.74, 6) is 0.573. The van der Waals surface area contributed by atoms with E-state index in [-0.39, 0.29) is 11.4 Å². The summed E-state index contributed by atoms with van der Waals surface area (Å²) in [5.41, 5.74) is -0.397. The van der Waals surface area contributed by atoms with Gasteiger partial charge in [0, 0.05) is 13.1 Å². The van der Waals surface area contributed by atoms with Crippen molar-refractivity contribution >= 4 is 13.9 Å². The van der Waals surface area contributed by atoms with Gasteiger partial charge in [-0.1, -0.05) is 19.2 Å². The molecule has 0 spiro atoms. The van der Waals surface area contributed by atoms with Crippen molar-refractivity contribution in [3.05, 3.63) is 0 Å². The number of nitrogens with zero attached hydrogens (tertiary/aromatic N) is 1. The molecular weight excluding hydrogens is 213 g/mol. The number of piperidine rings is 1. The van der Waals surface area contributed by atoms with E-state index in [9.17, 15) is 4.79 Å². The van der Waals surface area contributed by atoms with Gasteiger partial charge >= 0.3 is 6.09 Å². The maximum absolute atomic E-state index is 12.0. The molecule has 0 aromatic carbocycles. The molecule has 17 heavy (non-hydrogen) atoms. The van der Waals surface area contributed by atoms with E-state index in [4.69, 9.17) is 4.74 Å². The molecule has 1 atom stereocenters. The van der Waals surface area contributed by atoms with Gasteiger partial charge in [-0.15, -0.1) is 0 Å². The number of carbonyl (C=O) groups excluding carboxylic acids is 1. The minimum Gasteiger partial charge on any atom is -0.444 e. The highest BCUT2D eigenvalue weighted by Crippen LogP contribution is 2.37. The second-order valence-electron chi connectivity index (χ2n) is 7.13. The first-order valence-corrected chi connectivity index (χ1v) is 6.57. The lowest BCUT2D eigenvalue weighted by Gasteiger charge is -2.40. The molecule has 1 saturated heterocycles. The van der Waals surface area contributed by atoms with Crippen LogP contribution in [0.4, 0.5) is 4.79 Å². The summed E-state index contributed by atoms with van der Waals surface area (Å²) >= 11 is 0. The predicted octanol–water partition coefficient (Wildman–Crippen LogP) is 2.47. The third-order valence-electron chi connectivity index (χ3n) is 3.30. The molecule has 1 aliphatic heterocycles. The maximum atomic E-state index is 12.0. The van der Waals surface area contributed by atoms with E-state index in [1.54, 1.807) is 0 Å². The van der Waals surface area contributed by atoms with Gasteiger partial charge in [-0.05, 0) is 39.5 Å². The highest BCUT2D eigenvalue weighted by Gasteiger charge is 2.33. The van der Waals surface area contributed by atoms with Gasteiger partial charge in [0.05, 0.1) is 0 Å². The Morgan fingerprint density at radius 1 is 1.29 bits per heavy atom. The Labute approximate surface area is 106 Å². The van der Waals surface area contributed by atoms with Gasteiger partial charge in [-0.25, -0.2) is 4.79 Å². The van der Waals surface area contributed by atoms with Crippen LogP contribution >= 0.6 is 0 Å². The fourth-order valence-corrected chi connectivity index (χ4v) is 2.18. The molecule has 1 heterocycles. The van der Waals surface area contributed by atoms with Crippen molar-refractivity contribution < 1.29 is 9.53 Å². The van der Waals surface area contributed by atoms with Crippen LogP contribution in [0.5, 0.6) is 0 Å². The lowest BCUT2D eigenvalue weighted by atomic mass is 9.61. The molecule has 0 aromatic heterocycles. The molecule has 1 aliphatic rings. The number of amides is 1. The Morgan fingerprint density at radius 3 is 2.35 bits per heavy atom. The number of hydrogen-bond donors (Lipinski definition) is 0. The highest BCUT2D eigenvalue weighted by molar-refractivity contribution is 6.14. The maximum Gasteiger partial charge on any atom is 0.410 e. The minimum atomic E-state index is -0.397. The van der Waals surface area contributed by atoms with Crippen molar-refractivity contribution in [2.45, 2.75) is 58.4 Å². The van der Waals surface area contributed by atoms with Gasteiger partial charge in [0.2, 0.25) is 0 Å². The first kappa shape index (κ1) is 14.4. The number of rotatable bonds is 1. The fourth-order valence-electron chi connectivity index (χ4n) is 2.18. The van der Waals surface area contributed by atoms with Crippen LogP contribution in [0, 0.1) is 5.92 Å². The van der Waals surface area contributed by atoms with E-state index in [1.807, 2.05) is 25.7 Å². The smallest absolute Gasteiger partial charge is 0.410 e. The second-order valence-corrected chi connectivity index (χ2v) is 7.13. The first-order valence-electron chi connectivity index (χ1n) is 6.57. The summed E-state index contributed by atoms with van der Waals surface area (Å²) in [6.45, 7) is 11.9. The standard InChI is InChI=1S/C13H26BNO2/c1-12(2,3)17-11(16)15-8-6-7-10(9-15)13(4,5)14/h10H,6-9,14H2,1-5H3. The van der Waals surface area contributed by atoms with Crippen LogP contribution in [0.3, 0.4) is 0 Å². The Kier molecular flexibility index (Phi) is 4.16. The average Bonchev–Trinajstić information content (AvgIpc) is 2.14. The molecule has 1 fully saturated rings. The van der Waals surface area contributed by atoms with Crippen LogP contribution in [0.15, 0.2) is 0 Å². The lowest BCUT2D eigenvalue weighted by molar-refractivity contribution is 0.0147. The normalized spacial score (nSPS) is 22.4. The molecule has 0 radical (unpaired) electrons. The Balaban J connectivity index is 2.58. The topological polar surface area (TPSA) is 29.5 Å². The average molecular weight is 239 g/mol. The van der Waals surface area contributed by atoms with E-state index in [1.165, 1.54) is 6.42 Å². The molecule has 0 aromatic rings. The van der Waals surface area contributed by atoms with Crippen molar-refractivity contribution in [3.63, 3.8) is 0 Å². The van der Waals surface area contributed by atoms with Crippen LogP contribution < -0.4 is 0 Å². The van der Waals surface area contributed by atoms with Crippen LogP contribution in [-0.2, 0) is 4.74 Å². The van der Waals surface area contributed by atoms with Gasteiger partial charge in [0.1, 0.15) is 13.4 Å². The van der Waals surface area contributed by atoms with Gasteiger partial charge in [-0.2, -0.15) is 0 Å². The summed E-state index contributed by atoms with van der Waals surface area (Å²) in [5, 5.41) is 0.265. The lowest BCUT2D eigenvalue weighted by Crippen LogP contribution is -2.45. The molecule has 0 bridgehead atoms. The van der Waals surface area contributed by atoms with E-state index < -0.39 is 5.60 Å². The SMILES string of the molecule is BC(C)(C)C1CCCN(C(=O)OC(C)(C)C)C1. The van der Waals surface area contributed by atoms with E-state index >= 15 is 0 Å². The van der Waals surface area contributed by atoms with Crippen molar-refractivity contribution in [2.75, 3.05) is 13.1 Å². The summed E-state index contributed by atoms with van der Waals surface area (Å²) in [4.78, 5) is 13.9. The summed E-state index contributed by atoms with van der Waals surface area (Å²) in [6.07, 6.45) is 2.13. The molecule has 0 N–H and O–H groups in total. The van der Waals surface area contributed by atoms with Crippen molar-refractivity contribution in [1.29, 1.82) is 0 Å². The number of carbonyl (C=O) groups is 1. The monoisotopic (exact) mass is 239 g/mol. The van der Waals surface area contributed by atoms with Gasteiger partial charge in [0.25, 0.3) is 0 Å². The first-order chi connectivity index (χ1) is 7.59. The number of likely N-dealkylation sites (tertiary alicyclic amines) is 1. The number of ether oxygens (including phenoxy) is 1. The highest BCUT2D eigenvalue weighted by atomic mass is 16.6. The zero-order chi connectivity index (χ0) is 13.3. The van der Waals surface area contributed by atoms with Crippen molar-refractivity contribution in [1.82, 2.24) is 4.90 Å². The van der Waals surface area contributed by atoms with Gasteiger partial charge in [0.15, 0.2) is 0 Å². The third kappa shape index (κ3) is 4.60. The van der Waals surface area contributed by atoms with E-state index in [0.29, 0.717) is 5.92 Å². The number of hydrogen-bond acceptors (Lipinski definition) is 2. The zero-order valence-electron chi connectivity index (χ0n) is 12.2. The third-order valence-corrected chi connectivity index (χ3v) is 3.30. The minimum absolute atomic E-state index is 0.161. The Hall–Kier alpha value is -0.665. The molecule has 0 saturated carbocycles. The predicted molar refractivity (Wildman–Crippen MR) is 73.1 cm³/mol. The summed E-state index contributed by atoms with van der Waals surface area (Å²) in [7, 11) is 2.25. The van der Waals surface area contributed by atoms with E-state index in [0.717, 1.165) is 19.5 Å². The largest absolute Gasteiger partial charge is 0.444 e. The van der Waals surface area contributed by atoms with Gasteiger partial charge < -0.3 is 9.64 Å². The molecule has 0 aliphatic carbocycles. The summed E-state index contributed by atoms with van der Waals surface area (Å²) in [6, 6.07) is 0. The molecule has 1 amide bonds. The van der Waals surface area contributed by atoms with Crippen molar-refractivity contribution in [2.24, 2.45) is 5.92 Å². The van der Waals surface area contributed by atoms with Crippen LogP contribution in [-0.4, -0.2) is 37.5 Å². The Bertz CT molecular complexity index is 278. The quantitative estimate of drug-likeness (QED) is 0.658. The van der Waals surface area contributed by atoms with Gasteiger partial charge in [-0.3, -0.25) is 0 Å². The molecular formula is C13H26BNO2. The van der Waals surface area contributed by atoms with E-state index in [2.05, 4.69) is 21.7 Å². The molecule has 1 unspecified atom stereocenters. The molecule has 4 heteroatoms. The van der Waals surface area contributed by atoms with Crippen LogP contribution in [0.2, 0.25) is 5.31 Å². The summed E-state index contributed by atoms with van der Waals surface area (Å²) < 4.78 is 5.43. The molecule has 98 valence electrons. The van der Waals surface area contributed by atoms with Crippen molar-refractivity contribution in [3.8, 4) is 0 Å². The fraction of sp³-hybridized carbons (Fsp3) is 0.923. The van der Waals surface area contributed by atoms with Crippen LogP contribution in [0.25, 0.3) is 0 Å². The molecule has 1 rings (SSSR count). The zero-order valence-corrected chi connectivity index (χ0v) is 12.2.